The Bertz CT molecular complexity index is 614. The third kappa shape index (κ3) is 5.50. The highest BCUT2D eigenvalue weighted by Gasteiger charge is 2.07. The molecule has 0 aliphatic rings. The fourth-order valence-corrected chi connectivity index (χ4v) is 1.91. The van der Waals surface area contributed by atoms with Gasteiger partial charge in [-0.3, -0.25) is 0 Å². The van der Waals surface area contributed by atoms with E-state index in [0.29, 0.717) is 16.9 Å². The molecule has 0 saturated heterocycles. The number of aliphatic hydroxyl groups excluding tert-OH is 2. The van der Waals surface area contributed by atoms with Crippen LogP contribution in [0.1, 0.15) is 25.0 Å². The minimum Gasteiger partial charge on any atom is -0.398 e. The number of halogens is 2. The third-order valence-electron chi connectivity index (χ3n) is 3.03. The van der Waals surface area contributed by atoms with Crippen molar-refractivity contribution in [1.82, 2.24) is 0 Å². The molecule has 0 spiro atoms. The van der Waals surface area contributed by atoms with Crippen molar-refractivity contribution in [1.29, 1.82) is 0 Å². The highest BCUT2D eigenvalue weighted by molar-refractivity contribution is 5.51. The lowest BCUT2D eigenvalue weighted by Crippen LogP contribution is -2.12. The Hall–Kier alpha value is -2.18. The van der Waals surface area contributed by atoms with Gasteiger partial charge < -0.3 is 21.3 Å². The largest absolute Gasteiger partial charge is 0.398 e. The second kappa shape index (κ2) is 9.07. The lowest BCUT2D eigenvalue weighted by Gasteiger charge is -2.13. The molecule has 0 atom stereocenters. The van der Waals surface area contributed by atoms with Crippen LogP contribution in [-0.2, 0) is 13.2 Å². The van der Waals surface area contributed by atoms with Crippen molar-refractivity contribution in [3.05, 3.63) is 59.2 Å². The zero-order valence-electron chi connectivity index (χ0n) is 13.2. The maximum Gasteiger partial charge on any atom is 0.130 e. The molecule has 2 aromatic carbocycles. The standard InChI is InChI=1S/C10H14FNO.C7H8FNO/c1-7(2)12-10-5-3-4-9(11)8(10)6-13;8-6-2-1-3-7(9)5(6)4-10/h3-5,7,12-13H,6H2,1-2H3;1-3,10H,4,9H2. The van der Waals surface area contributed by atoms with Gasteiger partial charge in [-0.15, -0.1) is 0 Å². The van der Waals surface area contributed by atoms with Crippen molar-refractivity contribution in [3.63, 3.8) is 0 Å². The van der Waals surface area contributed by atoms with Crippen LogP contribution in [0.2, 0.25) is 0 Å². The number of nitrogens with one attached hydrogen (secondary N) is 1. The predicted molar refractivity (Wildman–Crippen MR) is 87.8 cm³/mol. The van der Waals surface area contributed by atoms with Crippen LogP contribution in [0, 0.1) is 11.6 Å². The minimum absolute atomic E-state index is 0.169. The van der Waals surface area contributed by atoms with E-state index >= 15 is 0 Å². The molecule has 0 fully saturated rings. The summed E-state index contributed by atoms with van der Waals surface area (Å²) in [5.74, 6) is -0.823. The van der Waals surface area contributed by atoms with Gasteiger partial charge in [0.25, 0.3) is 0 Å². The second-order valence-electron chi connectivity index (χ2n) is 5.19. The van der Waals surface area contributed by atoms with Crippen LogP contribution in [0.5, 0.6) is 0 Å². The maximum atomic E-state index is 13.1. The molecule has 0 unspecified atom stereocenters. The molecular weight excluding hydrogens is 302 g/mol. The summed E-state index contributed by atoms with van der Waals surface area (Å²) < 4.78 is 25.7. The number of rotatable bonds is 4. The summed E-state index contributed by atoms with van der Waals surface area (Å²) in [6.07, 6.45) is 0. The van der Waals surface area contributed by atoms with Crippen LogP contribution in [0.3, 0.4) is 0 Å². The van der Waals surface area contributed by atoms with Crippen LogP contribution in [0.4, 0.5) is 20.2 Å². The van der Waals surface area contributed by atoms with Gasteiger partial charge in [0, 0.05) is 28.5 Å². The van der Waals surface area contributed by atoms with E-state index in [1.807, 2.05) is 13.8 Å². The molecule has 0 bridgehead atoms. The normalized spacial score (nSPS) is 10.2. The second-order valence-corrected chi connectivity index (χ2v) is 5.19. The van der Waals surface area contributed by atoms with Crippen LogP contribution in [0.15, 0.2) is 36.4 Å². The van der Waals surface area contributed by atoms with E-state index in [9.17, 15) is 8.78 Å². The van der Waals surface area contributed by atoms with Crippen LogP contribution < -0.4 is 11.1 Å². The summed E-state index contributed by atoms with van der Waals surface area (Å²) in [6, 6.07) is 9.28. The van der Waals surface area contributed by atoms with E-state index in [1.165, 1.54) is 18.2 Å². The van der Waals surface area contributed by atoms with Gasteiger partial charge in [0.1, 0.15) is 11.6 Å². The molecule has 0 amide bonds. The van der Waals surface area contributed by atoms with Gasteiger partial charge >= 0.3 is 0 Å². The van der Waals surface area contributed by atoms with Crippen molar-refractivity contribution in [3.8, 4) is 0 Å². The van der Waals surface area contributed by atoms with Crippen molar-refractivity contribution >= 4 is 11.4 Å². The molecule has 5 N–H and O–H groups in total. The first kappa shape index (κ1) is 18.9. The van der Waals surface area contributed by atoms with E-state index in [2.05, 4.69) is 5.32 Å². The average Bonchev–Trinajstić information content (AvgIpc) is 2.48. The Labute approximate surface area is 134 Å². The Balaban J connectivity index is 0.000000238. The molecule has 0 heterocycles. The SMILES string of the molecule is CC(C)Nc1cccc(F)c1CO.Nc1cccc(F)c1CO. The number of aliphatic hydroxyl groups is 2. The molecule has 2 rings (SSSR count). The molecule has 0 aliphatic carbocycles. The molecule has 126 valence electrons. The molecule has 4 nitrogen and oxygen atoms in total. The van der Waals surface area contributed by atoms with Gasteiger partial charge in [-0.2, -0.15) is 0 Å². The van der Waals surface area contributed by atoms with Crippen LogP contribution in [0.25, 0.3) is 0 Å². The van der Waals surface area contributed by atoms with Gasteiger partial charge in [0.15, 0.2) is 0 Å². The third-order valence-corrected chi connectivity index (χ3v) is 3.03. The van der Waals surface area contributed by atoms with Crippen LogP contribution in [-0.4, -0.2) is 16.3 Å². The topological polar surface area (TPSA) is 78.5 Å². The molecule has 0 radical (unpaired) electrons. The first-order valence-corrected chi connectivity index (χ1v) is 7.19. The minimum atomic E-state index is -0.456. The molecule has 6 heteroatoms. The number of nitrogens with two attached hydrogens (primary N) is 1. The lowest BCUT2D eigenvalue weighted by molar-refractivity contribution is 0.276. The van der Waals surface area contributed by atoms with Gasteiger partial charge in [0.05, 0.1) is 13.2 Å². The molecule has 0 aliphatic heterocycles. The number of hydrogen-bond donors (Lipinski definition) is 4. The summed E-state index contributed by atoms with van der Waals surface area (Å²) in [6.45, 7) is 3.30. The van der Waals surface area contributed by atoms with E-state index in [0.717, 1.165) is 0 Å². The van der Waals surface area contributed by atoms with Gasteiger partial charge in [-0.1, -0.05) is 12.1 Å². The first-order valence-electron chi connectivity index (χ1n) is 7.19. The van der Waals surface area contributed by atoms with E-state index < -0.39 is 5.82 Å². The average molecular weight is 324 g/mol. The Morgan fingerprint density at radius 2 is 1.48 bits per heavy atom. The van der Waals surface area contributed by atoms with Gasteiger partial charge in [-0.25, -0.2) is 8.78 Å². The Kier molecular flexibility index (Phi) is 7.44. The van der Waals surface area contributed by atoms with E-state index in [-0.39, 0.29) is 30.6 Å². The quantitative estimate of drug-likeness (QED) is 0.652. The summed E-state index contributed by atoms with van der Waals surface area (Å²) in [5, 5.41) is 20.6. The van der Waals surface area contributed by atoms with Gasteiger partial charge in [-0.05, 0) is 38.1 Å². The molecule has 0 saturated carbocycles. The predicted octanol–water partition coefficient (Wildman–Crippen LogP) is 3.04. The monoisotopic (exact) mass is 324 g/mol. The molecule has 2 aromatic rings. The van der Waals surface area contributed by atoms with E-state index in [1.54, 1.807) is 18.2 Å². The molecule has 0 aromatic heterocycles. The highest BCUT2D eigenvalue weighted by atomic mass is 19.1. The molecular formula is C17H22F2N2O2. The Morgan fingerprint density at radius 3 is 1.91 bits per heavy atom. The summed E-state index contributed by atoms with van der Waals surface area (Å²) in [7, 11) is 0. The van der Waals surface area contributed by atoms with Crippen molar-refractivity contribution in [2.24, 2.45) is 0 Å². The van der Waals surface area contributed by atoms with Gasteiger partial charge in [0.2, 0.25) is 0 Å². The summed E-state index contributed by atoms with van der Waals surface area (Å²) >= 11 is 0. The number of anilines is 2. The maximum absolute atomic E-state index is 13.1. The summed E-state index contributed by atoms with van der Waals surface area (Å²) in [4.78, 5) is 0. The van der Waals surface area contributed by atoms with Crippen molar-refractivity contribution in [2.75, 3.05) is 11.1 Å². The number of hydrogen-bond acceptors (Lipinski definition) is 4. The smallest absolute Gasteiger partial charge is 0.130 e. The Morgan fingerprint density at radius 1 is 0.957 bits per heavy atom. The summed E-state index contributed by atoms with van der Waals surface area (Å²) in [5.41, 5.74) is 6.79. The van der Waals surface area contributed by atoms with E-state index in [4.69, 9.17) is 15.9 Å². The van der Waals surface area contributed by atoms with Crippen LogP contribution >= 0.6 is 0 Å². The lowest BCUT2D eigenvalue weighted by atomic mass is 10.1. The fourth-order valence-electron chi connectivity index (χ4n) is 1.91. The van der Waals surface area contributed by atoms with Crippen molar-refractivity contribution in [2.45, 2.75) is 33.1 Å². The first-order chi connectivity index (χ1) is 10.9. The zero-order chi connectivity index (χ0) is 17.4. The number of nitrogen functional groups attached to an aromatic ring is 1. The van der Waals surface area contributed by atoms with Crippen molar-refractivity contribution < 1.29 is 19.0 Å². The zero-order valence-corrected chi connectivity index (χ0v) is 13.2. The highest BCUT2D eigenvalue weighted by Crippen LogP contribution is 2.19. The number of benzene rings is 2. The molecule has 23 heavy (non-hydrogen) atoms. The fraction of sp³-hybridized carbons (Fsp3) is 0.294.